The lowest BCUT2D eigenvalue weighted by molar-refractivity contribution is -0.140. The minimum atomic E-state index is -1.20. The molecule has 2 heterocycles. The van der Waals surface area contributed by atoms with Gasteiger partial charge in [-0.2, -0.15) is 0 Å². The first-order chi connectivity index (χ1) is 13.7. The number of hydrogen-bond acceptors (Lipinski definition) is 4. The molecular formula is C19H19N5O5. The van der Waals surface area contributed by atoms with Crippen LogP contribution in [0.4, 0.5) is 16.2 Å². The molecule has 1 aliphatic heterocycles. The summed E-state index contributed by atoms with van der Waals surface area (Å²) in [6.07, 6.45) is 1.07. The number of fused-ring (bicyclic) bond motifs is 1. The number of rotatable bonds is 6. The number of carbonyl (C=O) groups excluding carboxylic acids is 3. The molecule has 150 valence electrons. The van der Waals surface area contributed by atoms with E-state index >= 15 is 0 Å². The zero-order valence-electron chi connectivity index (χ0n) is 15.5. The van der Waals surface area contributed by atoms with Crippen molar-refractivity contribution in [2.45, 2.75) is 19.9 Å². The average molecular weight is 397 g/mol. The predicted octanol–water partition coefficient (Wildman–Crippen LogP) is 1.48. The van der Waals surface area contributed by atoms with Crippen LogP contribution in [0.25, 0.3) is 11.1 Å². The maximum atomic E-state index is 12.5. The molecule has 0 saturated carbocycles. The van der Waals surface area contributed by atoms with Crippen molar-refractivity contribution >= 4 is 46.3 Å². The number of aromatic nitrogens is 1. The number of aromatic amines is 1. The van der Waals surface area contributed by atoms with Gasteiger partial charge in [0, 0.05) is 35.4 Å². The van der Waals surface area contributed by atoms with E-state index in [9.17, 15) is 19.2 Å². The highest BCUT2D eigenvalue weighted by molar-refractivity contribution is 6.36. The van der Waals surface area contributed by atoms with E-state index in [1.807, 2.05) is 0 Å². The van der Waals surface area contributed by atoms with Gasteiger partial charge in [-0.25, -0.2) is 4.79 Å². The number of nitrogens with one attached hydrogen (secondary N) is 4. The fourth-order valence-corrected chi connectivity index (χ4v) is 3.05. The third-order valence-electron chi connectivity index (χ3n) is 4.35. The van der Waals surface area contributed by atoms with Crippen LogP contribution >= 0.6 is 0 Å². The number of urea groups is 1. The number of H-pyrrole nitrogens is 1. The molecule has 1 aromatic heterocycles. The number of aliphatic carboxylic acids is 1. The van der Waals surface area contributed by atoms with Crippen molar-refractivity contribution in [2.75, 3.05) is 10.6 Å². The lowest BCUT2D eigenvalue weighted by atomic mass is 9.99. The Morgan fingerprint density at radius 1 is 1.21 bits per heavy atom. The smallest absolute Gasteiger partial charge is 0.316 e. The second-order valence-corrected chi connectivity index (χ2v) is 6.47. The minimum Gasteiger partial charge on any atom is -0.481 e. The lowest BCUT2D eigenvalue weighted by Crippen LogP contribution is -2.24. The van der Waals surface area contributed by atoms with Crippen LogP contribution in [0.1, 0.15) is 30.2 Å². The molecule has 7 N–H and O–H groups in total. The topological polar surface area (TPSA) is 166 Å². The van der Waals surface area contributed by atoms with E-state index in [2.05, 4.69) is 20.9 Å². The van der Waals surface area contributed by atoms with Crippen molar-refractivity contribution in [1.29, 1.82) is 0 Å². The quantitative estimate of drug-likeness (QED) is 0.320. The first-order valence-corrected chi connectivity index (χ1v) is 8.64. The summed E-state index contributed by atoms with van der Waals surface area (Å²) in [5, 5.41) is 16.4. The van der Waals surface area contributed by atoms with Crippen LogP contribution in [0.2, 0.25) is 0 Å². The molecular weight excluding hydrogens is 378 g/mol. The Hall–Kier alpha value is -4.08. The highest BCUT2D eigenvalue weighted by Gasteiger charge is 2.27. The minimum absolute atomic E-state index is 0.153. The van der Waals surface area contributed by atoms with Crippen molar-refractivity contribution in [2.24, 2.45) is 5.73 Å². The predicted molar refractivity (Wildman–Crippen MR) is 106 cm³/mol. The summed E-state index contributed by atoms with van der Waals surface area (Å²) in [5.41, 5.74) is 9.36. The largest absolute Gasteiger partial charge is 0.481 e. The lowest BCUT2D eigenvalue weighted by Gasteiger charge is -2.07. The fraction of sp³-hybridized carbons (Fsp3) is 0.158. The van der Waals surface area contributed by atoms with Crippen molar-refractivity contribution in [3.05, 3.63) is 47.3 Å². The second-order valence-electron chi connectivity index (χ2n) is 6.47. The number of primary amides is 1. The first kappa shape index (κ1) is 19.7. The maximum Gasteiger partial charge on any atom is 0.316 e. The number of carboxylic acids is 1. The van der Waals surface area contributed by atoms with Gasteiger partial charge in [-0.3, -0.25) is 14.4 Å². The highest BCUT2D eigenvalue weighted by atomic mass is 16.4. The zero-order chi connectivity index (χ0) is 21.1. The van der Waals surface area contributed by atoms with Crippen LogP contribution in [-0.2, 0) is 20.9 Å². The summed E-state index contributed by atoms with van der Waals surface area (Å²) in [4.78, 5) is 48.6. The summed E-state index contributed by atoms with van der Waals surface area (Å²) in [7, 11) is 0. The molecule has 0 spiro atoms. The number of allylic oxidation sites excluding steroid dienone is 1. The third-order valence-corrected chi connectivity index (χ3v) is 4.35. The van der Waals surface area contributed by atoms with Crippen molar-refractivity contribution < 1.29 is 24.3 Å². The molecule has 0 bridgehead atoms. The summed E-state index contributed by atoms with van der Waals surface area (Å²) >= 11 is 0. The summed E-state index contributed by atoms with van der Waals surface area (Å²) in [5.74, 6) is -2.07. The Labute approximate surface area is 165 Å². The zero-order valence-corrected chi connectivity index (χ0v) is 15.5. The molecule has 10 heteroatoms. The van der Waals surface area contributed by atoms with Crippen LogP contribution < -0.4 is 21.7 Å². The molecule has 2 aromatic rings. The van der Waals surface area contributed by atoms with Gasteiger partial charge in [0.2, 0.25) is 5.91 Å². The number of nitrogens with two attached hydrogens (primary N) is 1. The monoisotopic (exact) mass is 397 g/mol. The first-order valence-electron chi connectivity index (χ1n) is 8.64. The average Bonchev–Trinajstić information content (AvgIpc) is 3.22. The van der Waals surface area contributed by atoms with Gasteiger partial charge in [0.05, 0.1) is 5.57 Å². The van der Waals surface area contributed by atoms with Gasteiger partial charge in [-0.15, -0.1) is 0 Å². The van der Waals surface area contributed by atoms with Crippen molar-refractivity contribution in [1.82, 2.24) is 10.3 Å². The normalized spacial score (nSPS) is 14.0. The molecule has 0 unspecified atom stereocenters. The summed E-state index contributed by atoms with van der Waals surface area (Å²) in [6.45, 7) is 1.93. The van der Waals surface area contributed by atoms with E-state index in [1.165, 1.54) is 0 Å². The Morgan fingerprint density at radius 3 is 2.66 bits per heavy atom. The summed E-state index contributed by atoms with van der Waals surface area (Å²) in [6, 6.07) is 6.03. The number of carboxylic acid groups (broad SMARTS) is 1. The van der Waals surface area contributed by atoms with Crippen LogP contribution in [0.15, 0.2) is 30.5 Å². The van der Waals surface area contributed by atoms with E-state index in [0.29, 0.717) is 33.8 Å². The molecule has 0 radical (unpaired) electrons. The molecule has 1 aromatic carbocycles. The number of anilines is 2. The van der Waals surface area contributed by atoms with Gasteiger partial charge >= 0.3 is 12.0 Å². The highest BCUT2D eigenvalue weighted by Crippen LogP contribution is 2.38. The summed E-state index contributed by atoms with van der Waals surface area (Å²) < 4.78 is 0. The van der Waals surface area contributed by atoms with E-state index in [0.717, 1.165) is 5.56 Å². The van der Waals surface area contributed by atoms with Gasteiger partial charge in [0.25, 0.3) is 5.91 Å². The van der Waals surface area contributed by atoms with Crippen LogP contribution in [0.5, 0.6) is 0 Å². The molecule has 10 nitrogen and oxygen atoms in total. The number of carbonyl (C=O) groups is 4. The van der Waals surface area contributed by atoms with Gasteiger partial charge in [0.15, 0.2) is 0 Å². The van der Waals surface area contributed by atoms with Gasteiger partial charge in [-0.05, 0) is 42.3 Å². The van der Waals surface area contributed by atoms with Crippen LogP contribution in [0.3, 0.4) is 0 Å². The molecule has 0 aliphatic carbocycles. The standard InChI is InChI=1S/C19H19N5O5/c1-9(14-4-10(7-21-14)8-22-15(25)6-16(26)27)17-12-5-11(23-19(20)29)2-3-13(12)24-18(17)28/h2-5,7,21H,6,8H2,1H3,(H,22,25)(H,24,28)(H,26,27)(H3,20,23,29)/b17-9-. The van der Waals surface area contributed by atoms with Crippen LogP contribution in [-0.4, -0.2) is 33.9 Å². The van der Waals surface area contributed by atoms with Crippen LogP contribution in [0, 0.1) is 0 Å². The molecule has 0 atom stereocenters. The van der Waals surface area contributed by atoms with Gasteiger partial charge in [-0.1, -0.05) is 0 Å². The van der Waals surface area contributed by atoms with Crippen molar-refractivity contribution in [3.8, 4) is 0 Å². The Balaban J connectivity index is 1.84. The van der Waals surface area contributed by atoms with E-state index in [-0.39, 0.29) is 12.5 Å². The Bertz CT molecular complexity index is 1050. The van der Waals surface area contributed by atoms with Crippen molar-refractivity contribution in [3.63, 3.8) is 0 Å². The third kappa shape index (κ3) is 4.43. The maximum absolute atomic E-state index is 12.5. The number of amides is 4. The SMILES string of the molecule is C/C(=C1/C(=O)Nc2ccc(NC(N)=O)cc21)c1cc(CNC(=O)CC(=O)O)c[nH]1. The molecule has 29 heavy (non-hydrogen) atoms. The van der Waals surface area contributed by atoms with E-state index in [1.54, 1.807) is 37.4 Å². The second kappa shape index (κ2) is 7.89. The molecule has 0 saturated heterocycles. The van der Waals surface area contributed by atoms with E-state index in [4.69, 9.17) is 10.8 Å². The molecule has 4 amide bonds. The Morgan fingerprint density at radius 2 is 1.97 bits per heavy atom. The fourth-order valence-electron chi connectivity index (χ4n) is 3.05. The van der Waals surface area contributed by atoms with Gasteiger partial charge < -0.3 is 31.8 Å². The Kier molecular flexibility index (Phi) is 5.35. The molecule has 3 rings (SSSR count). The molecule has 0 fully saturated rings. The van der Waals surface area contributed by atoms with E-state index < -0.39 is 24.3 Å². The number of hydrogen-bond donors (Lipinski definition) is 6. The molecule has 1 aliphatic rings. The number of benzene rings is 1. The van der Waals surface area contributed by atoms with Gasteiger partial charge in [0.1, 0.15) is 6.42 Å².